The molecule has 0 heterocycles. The molecule has 0 amide bonds. The summed E-state index contributed by atoms with van der Waals surface area (Å²) >= 11 is 0. The zero-order chi connectivity index (χ0) is 8.59. The van der Waals surface area contributed by atoms with E-state index in [-0.39, 0.29) is 5.92 Å². The van der Waals surface area contributed by atoms with E-state index < -0.39 is 0 Å². The van der Waals surface area contributed by atoms with Gasteiger partial charge < -0.3 is 0 Å². The monoisotopic (exact) mass is 152 g/mol. The Kier molecular flexibility index (Phi) is 2.17. The van der Waals surface area contributed by atoms with E-state index in [1.807, 2.05) is 13.8 Å². The Morgan fingerprint density at radius 3 is 2.36 bits per heavy atom. The second kappa shape index (κ2) is 2.80. The van der Waals surface area contributed by atoms with Gasteiger partial charge in [-0.3, -0.25) is 4.79 Å². The predicted octanol–water partition coefficient (Wildman–Crippen LogP) is 2.57. The maximum Gasteiger partial charge on any atom is 0.161 e. The highest BCUT2D eigenvalue weighted by atomic mass is 16.1. The van der Waals surface area contributed by atoms with E-state index in [2.05, 4.69) is 13.8 Å². The smallest absolute Gasteiger partial charge is 0.161 e. The van der Waals surface area contributed by atoms with Crippen LogP contribution in [0.5, 0.6) is 0 Å². The largest absolute Gasteiger partial charge is 0.294 e. The van der Waals surface area contributed by atoms with Crippen molar-refractivity contribution in [3.8, 4) is 0 Å². The van der Waals surface area contributed by atoms with Crippen molar-refractivity contribution in [3.63, 3.8) is 0 Å². The average Bonchev–Trinajstić information content (AvgIpc) is 1.97. The lowest BCUT2D eigenvalue weighted by molar-refractivity contribution is -0.120. The number of carbonyl (C=O) groups is 1. The van der Waals surface area contributed by atoms with Crippen molar-refractivity contribution in [1.29, 1.82) is 0 Å². The Bertz CT molecular complexity index is 213. The average molecular weight is 152 g/mol. The number of carbonyl (C=O) groups excluding carboxylic acids is 1. The lowest BCUT2D eigenvalue weighted by Gasteiger charge is -2.26. The number of rotatable bonds is 0. The van der Waals surface area contributed by atoms with Crippen LogP contribution in [0.15, 0.2) is 11.1 Å². The number of hydrogen-bond acceptors (Lipinski definition) is 1. The quantitative estimate of drug-likeness (QED) is 0.521. The summed E-state index contributed by atoms with van der Waals surface area (Å²) in [7, 11) is 0. The molecule has 62 valence electrons. The van der Waals surface area contributed by atoms with Crippen LogP contribution in [-0.4, -0.2) is 5.78 Å². The van der Waals surface area contributed by atoms with Crippen molar-refractivity contribution in [2.45, 2.75) is 34.1 Å². The van der Waals surface area contributed by atoms with Crippen molar-refractivity contribution in [1.82, 2.24) is 0 Å². The SMILES string of the molecule is CC1=C(C)C(=O)[C@H](C)[C@@H](C)C1. The number of ketones is 1. The first-order chi connectivity index (χ1) is 5.04. The third kappa shape index (κ3) is 1.37. The summed E-state index contributed by atoms with van der Waals surface area (Å²) in [6.45, 7) is 8.19. The van der Waals surface area contributed by atoms with E-state index in [9.17, 15) is 4.79 Å². The van der Waals surface area contributed by atoms with Crippen LogP contribution in [0.4, 0.5) is 0 Å². The molecule has 0 unspecified atom stereocenters. The van der Waals surface area contributed by atoms with Crippen LogP contribution in [0.1, 0.15) is 34.1 Å². The predicted molar refractivity (Wildman–Crippen MR) is 46.3 cm³/mol. The Hall–Kier alpha value is -0.590. The first-order valence-electron chi connectivity index (χ1n) is 4.24. The summed E-state index contributed by atoms with van der Waals surface area (Å²) in [6, 6.07) is 0. The van der Waals surface area contributed by atoms with Gasteiger partial charge in [0.2, 0.25) is 0 Å². The molecular weight excluding hydrogens is 136 g/mol. The summed E-state index contributed by atoms with van der Waals surface area (Å²) in [4.78, 5) is 11.5. The van der Waals surface area contributed by atoms with E-state index >= 15 is 0 Å². The first-order valence-corrected chi connectivity index (χ1v) is 4.24. The second-order valence-electron chi connectivity index (χ2n) is 3.74. The van der Waals surface area contributed by atoms with Gasteiger partial charge in [-0.15, -0.1) is 0 Å². The van der Waals surface area contributed by atoms with Gasteiger partial charge in [-0.05, 0) is 31.8 Å². The third-order valence-corrected chi connectivity index (χ3v) is 2.91. The Morgan fingerprint density at radius 2 is 1.82 bits per heavy atom. The van der Waals surface area contributed by atoms with E-state index in [1.54, 1.807) is 0 Å². The number of hydrogen-bond donors (Lipinski definition) is 0. The lowest BCUT2D eigenvalue weighted by atomic mass is 9.78. The molecule has 11 heavy (non-hydrogen) atoms. The minimum atomic E-state index is 0.235. The molecule has 1 heteroatoms. The highest BCUT2D eigenvalue weighted by Gasteiger charge is 2.27. The summed E-state index contributed by atoms with van der Waals surface area (Å²) in [5, 5.41) is 0. The van der Waals surface area contributed by atoms with Crippen molar-refractivity contribution < 1.29 is 4.79 Å². The molecular formula is C10H16O. The maximum atomic E-state index is 11.5. The van der Waals surface area contributed by atoms with Gasteiger partial charge in [-0.25, -0.2) is 0 Å². The molecule has 0 fully saturated rings. The summed E-state index contributed by atoms with van der Waals surface area (Å²) < 4.78 is 0. The van der Waals surface area contributed by atoms with Crippen molar-refractivity contribution >= 4 is 5.78 Å². The molecule has 1 aliphatic carbocycles. The van der Waals surface area contributed by atoms with Crippen LogP contribution in [0, 0.1) is 11.8 Å². The standard InChI is InChI=1S/C10H16O/c1-6-5-7(2)9(4)10(11)8(6)3/h6,8H,5H2,1-4H3/t6-,8+/m0/s1. The third-order valence-electron chi connectivity index (χ3n) is 2.91. The molecule has 0 bridgehead atoms. The molecule has 1 aliphatic rings. The van der Waals surface area contributed by atoms with Crippen LogP contribution >= 0.6 is 0 Å². The summed E-state index contributed by atoms with van der Waals surface area (Å²) in [5.74, 6) is 1.12. The van der Waals surface area contributed by atoms with E-state index in [0.29, 0.717) is 11.7 Å². The maximum absolute atomic E-state index is 11.5. The Labute approximate surface area is 68.5 Å². The van der Waals surface area contributed by atoms with Crippen LogP contribution in [0.3, 0.4) is 0 Å². The molecule has 0 aromatic rings. The fourth-order valence-electron chi connectivity index (χ4n) is 1.62. The van der Waals surface area contributed by atoms with E-state index in [0.717, 1.165) is 12.0 Å². The molecule has 0 aromatic carbocycles. The minimum Gasteiger partial charge on any atom is -0.294 e. The number of Topliss-reactive ketones (excluding diaryl/α,β-unsaturated/α-hetero) is 1. The molecule has 0 N–H and O–H groups in total. The van der Waals surface area contributed by atoms with Gasteiger partial charge >= 0.3 is 0 Å². The topological polar surface area (TPSA) is 17.1 Å². The Morgan fingerprint density at radius 1 is 1.27 bits per heavy atom. The molecule has 1 rings (SSSR count). The van der Waals surface area contributed by atoms with Gasteiger partial charge in [-0.2, -0.15) is 0 Å². The van der Waals surface area contributed by atoms with Crippen molar-refractivity contribution in [2.24, 2.45) is 11.8 Å². The molecule has 0 saturated heterocycles. The lowest BCUT2D eigenvalue weighted by Crippen LogP contribution is -2.25. The fraction of sp³-hybridized carbons (Fsp3) is 0.700. The summed E-state index contributed by atoms with van der Waals surface area (Å²) in [5.41, 5.74) is 2.27. The minimum absolute atomic E-state index is 0.235. The van der Waals surface area contributed by atoms with E-state index in [1.165, 1.54) is 5.57 Å². The second-order valence-corrected chi connectivity index (χ2v) is 3.74. The van der Waals surface area contributed by atoms with Crippen molar-refractivity contribution in [2.75, 3.05) is 0 Å². The summed E-state index contributed by atoms with van der Waals surface area (Å²) in [6.07, 6.45) is 1.10. The highest BCUT2D eigenvalue weighted by Crippen LogP contribution is 2.30. The molecule has 2 atom stereocenters. The molecule has 0 spiro atoms. The van der Waals surface area contributed by atoms with Gasteiger partial charge in [0.15, 0.2) is 5.78 Å². The fourth-order valence-corrected chi connectivity index (χ4v) is 1.62. The zero-order valence-electron chi connectivity index (χ0n) is 7.77. The number of allylic oxidation sites excluding steroid dienone is 2. The normalized spacial score (nSPS) is 32.9. The highest BCUT2D eigenvalue weighted by molar-refractivity contribution is 5.98. The van der Waals surface area contributed by atoms with E-state index in [4.69, 9.17) is 0 Å². The Balaban J connectivity index is 2.95. The van der Waals surface area contributed by atoms with Crippen LogP contribution in [-0.2, 0) is 4.79 Å². The molecule has 0 saturated carbocycles. The van der Waals surface area contributed by atoms with Crippen LogP contribution < -0.4 is 0 Å². The molecule has 0 aliphatic heterocycles. The van der Waals surface area contributed by atoms with Gasteiger partial charge in [-0.1, -0.05) is 19.4 Å². The van der Waals surface area contributed by atoms with Crippen LogP contribution in [0.2, 0.25) is 0 Å². The molecule has 0 radical (unpaired) electrons. The van der Waals surface area contributed by atoms with Gasteiger partial charge in [0, 0.05) is 5.92 Å². The van der Waals surface area contributed by atoms with Gasteiger partial charge in [0.05, 0.1) is 0 Å². The van der Waals surface area contributed by atoms with Gasteiger partial charge in [0.1, 0.15) is 0 Å². The van der Waals surface area contributed by atoms with Crippen molar-refractivity contribution in [3.05, 3.63) is 11.1 Å². The first kappa shape index (κ1) is 8.51. The molecule has 1 nitrogen and oxygen atoms in total. The molecule has 0 aromatic heterocycles. The van der Waals surface area contributed by atoms with Gasteiger partial charge in [0.25, 0.3) is 0 Å². The van der Waals surface area contributed by atoms with Crippen LogP contribution in [0.25, 0.3) is 0 Å². The zero-order valence-corrected chi connectivity index (χ0v) is 7.77.